The molecule has 2 rings (SSSR count). The first-order valence-corrected chi connectivity index (χ1v) is 9.53. The minimum atomic E-state index is -0.294. The van der Waals surface area contributed by atoms with Crippen molar-refractivity contribution in [1.29, 1.82) is 0 Å². The van der Waals surface area contributed by atoms with E-state index >= 15 is 0 Å². The van der Waals surface area contributed by atoms with E-state index in [0.29, 0.717) is 6.61 Å². The average Bonchev–Trinajstić information content (AvgIpc) is 2.66. The van der Waals surface area contributed by atoms with Gasteiger partial charge in [0.15, 0.2) is 0 Å². The van der Waals surface area contributed by atoms with Crippen molar-refractivity contribution < 1.29 is 19.0 Å². The van der Waals surface area contributed by atoms with E-state index in [0.717, 1.165) is 30.9 Å². The highest BCUT2D eigenvalue weighted by Crippen LogP contribution is 2.33. The summed E-state index contributed by atoms with van der Waals surface area (Å²) in [5, 5.41) is 0. The molecular formula is C23H30O4. The Morgan fingerprint density at radius 3 is 1.74 bits per heavy atom. The van der Waals surface area contributed by atoms with Gasteiger partial charge in [0.25, 0.3) is 0 Å². The first-order valence-electron chi connectivity index (χ1n) is 9.53. The summed E-state index contributed by atoms with van der Waals surface area (Å²) >= 11 is 0. The molecular weight excluding hydrogens is 340 g/mol. The maximum Gasteiger partial charge on any atom is 0.302 e. The summed E-state index contributed by atoms with van der Waals surface area (Å²) in [6.07, 6.45) is 2.21. The fourth-order valence-corrected chi connectivity index (χ4v) is 2.78. The van der Waals surface area contributed by atoms with E-state index < -0.39 is 0 Å². The third kappa shape index (κ3) is 6.31. The van der Waals surface area contributed by atoms with Crippen LogP contribution in [-0.4, -0.2) is 25.8 Å². The van der Waals surface area contributed by atoms with Gasteiger partial charge in [-0.2, -0.15) is 0 Å². The van der Waals surface area contributed by atoms with Crippen LogP contribution in [0.1, 0.15) is 51.7 Å². The fourth-order valence-electron chi connectivity index (χ4n) is 2.78. The van der Waals surface area contributed by atoms with Gasteiger partial charge in [-0.05, 0) is 41.8 Å². The van der Waals surface area contributed by atoms with Crippen molar-refractivity contribution in [3.05, 3.63) is 59.7 Å². The van der Waals surface area contributed by atoms with E-state index in [2.05, 4.69) is 45.0 Å². The first-order chi connectivity index (χ1) is 12.9. The molecule has 4 heteroatoms. The predicted molar refractivity (Wildman–Crippen MR) is 108 cm³/mol. The maximum atomic E-state index is 10.7. The molecule has 4 nitrogen and oxygen atoms in total. The zero-order chi connectivity index (χ0) is 19.7. The Kier molecular flexibility index (Phi) is 7.71. The van der Waals surface area contributed by atoms with Crippen molar-refractivity contribution >= 4 is 5.97 Å². The van der Waals surface area contributed by atoms with Gasteiger partial charge in [-0.15, -0.1) is 0 Å². The van der Waals surface area contributed by atoms with Crippen LogP contribution in [0.2, 0.25) is 0 Å². The van der Waals surface area contributed by atoms with E-state index in [1.807, 2.05) is 24.3 Å². The Labute approximate surface area is 162 Å². The van der Waals surface area contributed by atoms with E-state index in [9.17, 15) is 4.79 Å². The lowest BCUT2D eigenvalue weighted by Gasteiger charge is -2.26. The van der Waals surface area contributed by atoms with Crippen molar-refractivity contribution in [1.82, 2.24) is 0 Å². The number of ether oxygens (including phenoxy) is 3. The van der Waals surface area contributed by atoms with Crippen LogP contribution in [0, 0.1) is 0 Å². The van der Waals surface area contributed by atoms with Crippen LogP contribution < -0.4 is 9.47 Å². The van der Waals surface area contributed by atoms with Gasteiger partial charge in [0.05, 0.1) is 6.61 Å². The molecule has 0 amide bonds. The second kappa shape index (κ2) is 10.0. The first kappa shape index (κ1) is 20.8. The number of carbonyl (C=O) groups is 1. The molecule has 0 bridgehead atoms. The minimum Gasteiger partial charge on any atom is -0.494 e. The van der Waals surface area contributed by atoms with E-state index in [1.54, 1.807) is 0 Å². The third-order valence-corrected chi connectivity index (χ3v) is 4.58. The lowest BCUT2D eigenvalue weighted by atomic mass is 9.78. The second-order valence-electron chi connectivity index (χ2n) is 7.06. The van der Waals surface area contributed by atoms with Gasteiger partial charge in [0, 0.05) is 12.3 Å². The molecule has 0 saturated carbocycles. The van der Waals surface area contributed by atoms with Gasteiger partial charge in [-0.1, -0.05) is 51.5 Å². The van der Waals surface area contributed by atoms with Crippen LogP contribution >= 0.6 is 0 Å². The second-order valence-corrected chi connectivity index (χ2v) is 7.06. The third-order valence-electron chi connectivity index (χ3n) is 4.58. The summed E-state index contributed by atoms with van der Waals surface area (Å²) in [6.45, 7) is 9.33. The lowest BCUT2D eigenvalue weighted by molar-refractivity contribution is -0.141. The number of unbranched alkanes of at least 4 members (excludes halogenated alkanes) is 1. The predicted octanol–water partition coefficient (Wildman–Crippen LogP) is 5.13. The van der Waals surface area contributed by atoms with Crippen LogP contribution in [0.4, 0.5) is 0 Å². The summed E-state index contributed by atoms with van der Waals surface area (Å²) in [4.78, 5) is 10.7. The summed E-state index contributed by atoms with van der Waals surface area (Å²) in [5.41, 5.74) is 2.31. The van der Waals surface area contributed by atoms with Crippen molar-refractivity contribution in [2.75, 3.05) is 19.8 Å². The van der Waals surface area contributed by atoms with Crippen LogP contribution in [0.25, 0.3) is 0 Å². The van der Waals surface area contributed by atoms with Crippen molar-refractivity contribution in [3.8, 4) is 11.5 Å². The SMILES string of the molecule is CCCCOc1ccc(C(C)(C)c2ccc(OCCOC(C)=O)cc2)cc1. The molecule has 0 heterocycles. The van der Waals surface area contributed by atoms with E-state index in [4.69, 9.17) is 14.2 Å². The highest BCUT2D eigenvalue weighted by molar-refractivity contribution is 5.65. The maximum absolute atomic E-state index is 10.7. The van der Waals surface area contributed by atoms with E-state index in [1.165, 1.54) is 18.1 Å². The molecule has 0 aromatic heterocycles. The van der Waals surface area contributed by atoms with Crippen molar-refractivity contribution in [2.45, 2.75) is 46.0 Å². The smallest absolute Gasteiger partial charge is 0.302 e. The van der Waals surface area contributed by atoms with Crippen molar-refractivity contribution in [2.24, 2.45) is 0 Å². The lowest BCUT2D eigenvalue weighted by Crippen LogP contribution is -2.18. The van der Waals surface area contributed by atoms with Gasteiger partial charge in [0.1, 0.15) is 24.7 Å². The molecule has 0 atom stereocenters. The van der Waals surface area contributed by atoms with Crippen LogP contribution in [-0.2, 0) is 14.9 Å². The van der Waals surface area contributed by atoms with Crippen LogP contribution in [0.15, 0.2) is 48.5 Å². The molecule has 0 N–H and O–H groups in total. The molecule has 0 aliphatic heterocycles. The van der Waals surface area contributed by atoms with Gasteiger partial charge in [-0.25, -0.2) is 0 Å². The summed E-state index contributed by atoms with van der Waals surface area (Å²) < 4.78 is 16.2. The zero-order valence-electron chi connectivity index (χ0n) is 16.8. The van der Waals surface area contributed by atoms with Gasteiger partial charge >= 0.3 is 5.97 Å². The Hall–Kier alpha value is -2.49. The number of benzene rings is 2. The highest BCUT2D eigenvalue weighted by atomic mass is 16.6. The van der Waals surface area contributed by atoms with Crippen molar-refractivity contribution in [3.63, 3.8) is 0 Å². The minimum absolute atomic E-state index is 0.127. The standard InChI is InChI=1S/C23H30O4/c1-5-6-15-26-21-11-7-19(8-12-21)23(3,4)20-9-13-22(14-10-20)27-17-16-25-18(2)24/h7-14H,5-6,15-17H2,1-4H3. The van der Waals surface area contributed by atoms with Crippen LogP contribution in [0.5, 0.6) is 11.5 Å². The molecule has 0 aliphatic rings. The number of carbonyl (C=O) groups excluding carboxylic acids is 1. The van der Waals surface area contributed by atoms with Gasteiger partial charge < -0.3 is 14.2 Å². The number of hydrogen-bond donors (Lipinski definition) is 0. The molecule has 0 radical (unpaired) electrons. The van der Waals surface area contributed by atoms with E-state index in [-0.39, 0.29) is 18.0 Å². The largest absolute Gasteiger partial charge is 0.494 e. The van der Waals surface area contributed by atoms with Gasteiger partial charge in [-0.3, -0.25) is 4.79 Å². The summed E-state index contributed by atoms with van der Waals surface area (Å²) in [6, 6.07) is 16.4. The molecule has 0 fully saturated rings. The molecule has 0 spiro atoms. The fraction of sp³-hybridized carbons (Fsp3) is 0.435. The molecule has 0 unspecified atom stereocenters. The topological polar surface area (TPSA) is 44.8 Å². The van der Waals surface area contributed by atoms with Gasteiger partial charge in [0.2, 0.25) is 0 Å². The molecule has 0 aliphatic carbocycles. The highest BCUT2D eigenvalue weighted by Gasteiger charge is 2.23. The Balaban J connectivity index is 1.97. The number of hydrogen-bond acceptors (Lipinski definition) is 4. The monoisotopic (exact) mass is 370 g/mol. The number of esters is 1. The summed E-state index contributed by atoms with van der Waals surface area (Å²) in [7, 11) is 0. The molecule has 146 valence electrons. The molecule has 2 aromatic rings. The average molecular weight is 370 g/mol. The molecule has 2 aromatic carbocycles. The quantitative estimate of drug-likeness (QED) is 0.429. The Morgan fingerprint density at radius 2 is 1.30 bits per heavy atom. The van der Waals surface area contributed by atoms with Crippen LogP contribution in [0.3, 0.4) is 0 Å². The Bertz CT molecular complexity index is 702. The normalized spacial score (nSPS) is 11.1. The molecule has 0 saturated heterocycles. The summed E-state index contributed by atoms with van der Waals surface area (Å²) in [5.74, 6) is 1.39. The molecule has 27 heavy (non-hydrogen) atoms. The Morgan fingerprint density at radius 1 is 0.815 bits per heavy atom. The number of rotatable bonds is 10. The zero-order valence-corrected chi connectivity index (χ0v) is 16.8.